The summed E-state index contributed by atoms with van der Waals surface area (Å²) in [6, 6.07) is 0. The van der Waals surface area contributed by atoms with E-state index in [0.717, 1.165) is 50.3 Å². The van der Waals surface area contributed by atoms with Crippen LogP contribution in [0.15, 0.2) is 0 Å². The molecule has 0 aromatic rings. The van der Waals surface area contributed by atoms with Crippen LogP contribution in [0, 0.1) is 6.92 Å². The van der Waals surface area contributed by atoms with E-state index < -0.39 is 0 Å². The summed E-state index contributed by atoms with van der Waals surface area (Å²) in [5.41, 5.74) is 0. The highest BCUT2D eigenvalue weighted by atomic mass is 16.5. The van der Waals surface area contributed by atoms with E-state index in [9.17, 15) is 4.79 Å². The van der Waals surface area contributed by atoms with Crippen molar-refractivity contribution in [1.29, 1.82) is 0 Å². The van der Waals surface area contributed by atoms with Gasteiger partial charge < -0.3 is 14.5 Å². The molecule has 14 heavy (non-hydrogen) atoms. The number of likely N-dealkylation sites (N-methyl/N-ethyl adjacent to an activating group) is 1. The van der Waals surface area contributed by atoms with Crippen molar-refractivity contribution in [2.75, 3.05) is 46.4 Å². The van der Waals surface area contributed by atoms with E-state index in [0.29, 0.717) is 0 Å². The van der Waals surface area contributed by atoms with Gasteiger partial charge in [0.1, 0.15) is 13.1 Å². The molecule has 4 nitrogen and oxygen atoms in total. The molecular weight excluding hydrogens is 180 g/mol. The first kappa shape index (κ1) is 11.5. The summed E-state index contributed by atoms with van der Waals surface area (Å²) in [4.78, 5) is 10.5. The number of carbonyl (C=O) groups is 1. The van der Waals surface area contributed by atoms with Crippen LogP contribution in [-0.2, 0) is 9.53 Å². The van der Waals surface area contributed by atoms with Crippen LogP contribution in [0.5, 0.6) is 0 Å². The van der Waals surface area contributed by atoms with Crippen molar-refractivity contribution in [3.05, 3.63) is 6.92 Å². The molecule has 1 heterocycles. The topological polar surface area (TPSA) is 38.3 Å². The highest BCUT2D eigenvalue weighted by molar-refractivity contribution is 5.79. The third-order valence-corrected chi connectivity index (χ3v) is 2.75. The number of amides is 1. The van der Waals surface area contributed by atoms with Crippen LogP contribution in [-0.4, -0.2) is 56.8 Å². The Kier molecular flexibility index (Phi) is 4.35. The van der Waals surface area contributed by atoms with Gasteiger partial charge in [-0.15, -0.1) is 0 Å². The standard InChI is InChI=1S/C10H19N2O2/c1-10(13)11-4-3-5-12(2)6-8-14-9-7-12/h1,3-9H2,2H3/p+1. The Bertz CT molecular complexity index is 189. The first-order chi connectivity index (χ1) is 6.62. The van der Waals surface area contributed by atoms with Gasteiger partial charge >= 0.3 is 0 Å². The highest BCUT2D eigenvalue weighted by Crippen LogP contribution is 2.07. The van der Waals surface area contributed by atoms with Crippen molar-refractivity contribution in [3.63, 3.8) is 0 Å². The molecule has 1 radical (unpaired) electrons. The smallest absolute Gasteiger partial charge is 0.220 e. The van der Waals surface area contributed by atoms with Crippen molar-refractivity contribution >= 4 is 5.91 Å². The monoisotopic (exact) mass is 200 g/mol. The van der Waals surface area contributed by atoms with Crippen molar-refractivity contribution in [2.24, 2.45) is 0 Å². The summed E-state index contributed by atoms with van der Waals surface area (Å²) >= 11 is 0. The molecule has 4 heteroatoms. The molecule has 81 valence electrons. The molecule has 0 spiro atoms. The number of hydrogen-bond acceptors (Lipinski definition) is 2. The largest absolute Gasteiger partial charge is 0.370 e. The van der Waals surface area contributed by atoms with E-state index in [1.54, 1.807) is 0 Å². The van der Waals surface area contributed by atoms with Crippen molar-refractivity contribution in [1.82, 2.24) is 5.32 Å². The van der Waals surface area contributed by atoms with Crippen LogP contribution >= 0.6 is 0 Å². The van der Waals surface area contributed by atoms with Crippen LogP contribution < -0.4 is 5.32 Å². The molecule has 1 saturated heterocycles. The summed E-state index contributed by atoms with van der Waals surface area (Å²) in [6.45, 7) is 8.98. The molecule has 0 saturated carbocycles. The number of quaternary nitrogens is 1. The summed E-state index contributed by atoms with van der Waals surface area (Å²) in [5, 5.41) is 2.71. The number of rotatable bonds is 4. The first-order valence-electron chi connectivity index (χ1n) is 5.13. The molecule has 1 fully saturated rings. The van der Waals surface area contributed by atoms with Gasteiger partial charge in [0.05, 0.1) is 26.8 Å². The number of hydrogen-bond donors (Lipinski definition) is 1. The second kappa shape index (κ2) is 5.32. The lowest BCUT2D eigenvalue weighted by Gasteiger charge is -2.37. The lowest BCUT2D eigenvalue weighted by molar-refractivity contribution is -0.916. The molecule has 0 bridgehead atoms. The second-order valence-electron chi connectivity index (χ2n) is 4.11. The van der Waals surface area contributed by atoms with Crippen molar-refractivity contribution in [2.45, 2.75) is 6.42 Å². The Morgan fingerprint density at radius 1 is 1.50 bits per heavy atom. The molecule has 0 aromatic carbocycles. The molecule has 1 amide bonds. The fourth-order valence-corrected chi connectivity index (χ4v) is 1.70. The van der Waals surface area contributed by atoms with Gasteiger partial charge in [-0.1, -0.05) is 0 Å². The zero-order valence-corrected chi connectivity index (χ0v) is 8.92. The fourth-order valence-electron chi connectivity index (χ4n) is 1.70. The fraction of sp³-hybridized carbons (Fsp3) is 0.800. The van der Waals surface area contributed by atoms with E-state index in [1.807, 2.05) is 0 Å². The summed E-state index contributed by atoms with van der Waals surface area (Å²) in [6.07, 6.45) is 1.01. The molecule has 0 aliphatic carbocycles. The molecule has 0 unspecified atom stereocenters. The predicted octanol–water partition coefficient (Wildman–Crippen LogP) is -0.196. The third kappa shape index (κ3) is 4.07. The van der Waals surface area contributed by atoms with E-state index in [2.05, 4.69) is 19.3 Å². The van der Waals surface area contributed by atoms with E-state index in [-0.39, 0.29) is 5.91 Å². The maximum absolute atomic E-state index is 10.5. The van der Waals surface area contributed by atoms with Crippen LogP contribution in [0.2, 0.25) is 0 Å². The maximum atomic E-state index is 10.5. The van der Waals surface area contributed by atoms with Gasteiger partial charge in [0.2, 0.25) is 5.91 Å². The summed E-state index contributed by atoms with van der Waals surface area (Å²) < 4.78 is 6.38. The SMILES string of the molecule is [CH2]C(=O)NCCC[N+]1(C)CCOCC1. The maximum Gasteiger partial charge on any atom is 0.220 e. The van der Waals surface area contributed by atoms with Gasteiger partial charge in [-0.2, -0.15) is 0 Å². The van der Waals surface area contributed by atoms with Crippen LogP contribution in [0.25, 0.3) is 0 Å². The lowest BCUT2D eigenvalue weighted by Crippen LogP contribution is -2.52. The van der Waals surface area contributed by atoms with Crippen LogP contribution in [0.4, 0.5) is 0 Å². The van der Waals surface area contributed by atoms with E-state index >= 15 is 0 Å². The quantitative estimate of drug-likeness (QED) is 0.504. The predicted molar refractivity (Wildman–Crippen MR) is 54.6 cm³/mol. The van der Waals surface area contributed by atoms with Gasteiger partial charge in [-0.3, -0.25) is 4.79 Å². The molecule has 1 aliphatic rings. The minimum Gasteiger partial charge on any atom is -0.370 e. The Hall–Kier alpha value is -0.610. The van der Waals surface area contributed by atoms with Crippen molar-refractivity contribution in [3.8, 4) is 0 Å². The number of nitrogens with zero attached hydrogens (tertiary/aromatic N) is 1. The highest BCUT2D eigenvalue weighted by Gasteiger charge is 2.24. The number of morpholine rings is 1. The van der Waals surface area contributed by atoms with Crippen molar-refractivity contribution < 1.29 is 14.0 Å². The van der Waals surface area contributed by atoms with Gasteiger partial charge in [0, 0.05) is 19.9 Å². The van der Waals surface area contributed by atoms with E-state index in [1.165, 1.54) is 0 Å². The number of ether oxygens (including phenoxy) is 1. The van der Waals surface area contributed by atoms with Gasteiger partial charge in [0.15, 0.2) is 0 Å². The second-order valence-corrected chi connectivity index (χ2v) is 4.11. The zero-order valence-electron chi connectivity index (χ0n) is 8.92. The Morgan fingerprint density at radius 3 is 2.71 bits per heavy atom. The van der Waals surface area contributed by atoms with Gasteiger partial charge in [0.25, 0.3) is 0 Å². The van der Waals surface area contributed by atoms with E-state index in [4.69, 9.17) is 4.74 Å². The number of carbonyl (C=O) groups excluding carboxylic acids is 1. The molecule has 0 atom stereocenters. The molecule has 1 N–H and O–H groups in total. The average Bonchev–Trinajstić information content (AvgIpc) is 2.14. The zero-order chi connectivity index (χ0) is 10.4. The number of nitrogens with one attached hydrogen (secondary N) is 1. The molecule has 0 aromatic heterocycles. The first-order valence-corrected chi connectivity index (χ1v) is 5.13. The minimum atomic E-state index is -0.186. The summed E-state index contributed by atoms with van der Waals surface area (Å²) in [5.74, 6) is -0.186. The Balaban J connectivity index is 2.12. The van der Waals surface area contributed by atoms with Crippen LogP contribution in [0.1, 0.15) is 6.42 Å². The normalized spacial score (nSPS) is 20.4. The average molecular weight is 200 g/mol. The molecule has 1 aliphatic heterocycles. The Morgan fingerprint density at radius 2 is 2.14 bits per heavy atom. The molecule has 1 rings (SSSR count). The summed E-state index contributed by atoms with van der Waals surface area (Å²) in [7, 11) is 2.24. The Labute approximate surface area is 85.8 Å². The lowest BCUT2D eigenvalue weighted by atomic mass is 10.3. The molecular formula is C10H20N2O2+. The van der Waals surface area contributed by atoms with Gasteiger partial charge in [-0.05, 0) is 0 Å². The van der Waals surface area contributed by atoms with Crippen LogP contribution in [0.3, 0.4) is 0 Å². The third-order valence-electron chi connectivity index (χ3n) is 2.75. The minimum absolute atomic E-state index is 0.186. The van der Waals surface area contributed by atoms with Gasteiger partial charge in [-0.25, -0.2) is 0 Å².